The number of ether oxygens (including phenoxy) is 1. The van der Waals surface area contributed by atoms with Gasteiger partial charge < -0.3 is 15.0 Å². The van der Waals surface area contributed by atoms with Gasteiger partial charge >= 0.3 is 0 Å². The smallest absolute Gasteiger partial charge is 0.261 e. The molecule has 0 aliphatic rings. The summed E-state index contributed by atoms with van der Waals surface area (Å²) in [6, 6.07) is 20.8. The van der Waals surface area contributed by atoms with Gasteiger partial charge in [0.2, 0.25) is 5.91 Å². The zero-order valence-electron chi connectivity index (χ0n) is 19.3. The van der Waals surface area contributed by atoms with Crippen molar-refractivity contribution in [1.29, 1.82) is 0 Å². The molecule has 35 heavy (non-hydrogen) atoms. The normalized spacial score (nSPS) is 11.5. The molecule has 0 aromatic heterocycles. The zero-order chi connectivity index (χ0) is 25.2. The van der Waals surface area contributed by atoms with E-state index < -0.39 is 6.04 Å². The molecule has 8 heteroatoms. The first-order valence-electron chi connectivity index (χ1n) is 11.3. The maximum absolute atomic E-state index is 13.5. The van der Waals surface area contributed by atoms with Gasteiger partial charge in [-0.05, 0) is 53.9 Å². The lowest BCUT2D eigenvalue weighted by molar-refractivity contribution is -0.142. The molecule has 184 valence electrons. The van der Waals surface area contributed by atoms with Crippen molar-refractivity contribution in [2.75, 3.05) is 13.2 Å². The van der Waals surface area contributed by atoms with Crippen molar-refractivity contribution >= 4 is 46.6 Å². The van der Waals surface area contributed by atoms with Crippen molar-refractivity contribution in [3.05, 3.63) is 99.0 Å². The second kappa shape index (κ2) is 13.4. The fourth-order valence-electron chi connectivity index (χ4n) is 3.51. The lowest BCUT2D eigenvalue weighted by atomic mass is 10.0. The summed E-state index contributed by atoms with van der Waals surface area (Å²) < 4.78 is 5.72. The lowest BCUT2D eigenvalue weighted by Crippen LogP contribution is -2.51. The Morgan fingerprint density at radius 3 is 2.29 bits per heavy atom. The van der Waals surface area contributed by atoms with Crippen LogP contribution in [0.15, 0.2) is 72.8 Å². The fourth-order valence-corrected chi connectivity index (χ4v) is 3.96. The van der Waals surface area contributed by atoms with Crippen molar-refractivity contribution in [2.24, 2.45) is 0 Å². The van der Waals surface area contributed by atoms with Crippen LogP contribution in [0.25, 0.3) is 0 Å². The minimum Gasteiger partial charge on any atom is -0.484 e. The number of benzene rings is 3. The lowest BCUT2D eigenvalue weighted by Gasteiger charge is -2.31. The Bertz CT molecular complexity index is 1120. The summed E-state index contributed by atoms with van der Waals surface area (Å²) in [6.07, 6.45) is 1.13. The summed E-state index contributed by atoms with van der Waals surface area (Å²) in [7, 11) is 0. The molecule has 0 saturated carbocycles. The number of nitrogens with zero attached hydrogens (tertiary/aromatic N) is 1. The Hall–Kier alpha value is -2.73. The molecule has 0 radical (unpaired) electrons. The van der Waals surface area contributed by atoms with Crippen molar-refractivity contribution in [1.82, 2.24) is 10.2 Å². The van der Waals surface area contributed by atoms with Crippen molar-refractivity contribution in [3.63, 3.8) is 0 Å². The molecule has 1 atom stereocenters. The molecule has 0 bridgehead atoms. The number of rotatable bonds is 11. The van der Waals surface area contributed by atoms with E-state index in [1.165, 1.54) is 4.90 Å². The maximum Gasteiger partial charge on any atom is 0.261 e. The molecule has 5 nitrogen and oxygen atoms in total. The van der Waals surface area contributed by atoms with Crippen LogP contribution in [-0.4, -0.2) is 35.9 Å². The minimum atomic E-state index is -0.750. The Morgan fingerprint density at radius 1 is 0.914 bits per heavy atom. The predicted molar refractivity (Wildman–Crippen MR) is 141 cm³/mol. The summed E-state index contributed by atoms with van der Waals surface area (Å²) >= 11 is 18.2. The highest BCUT2D eigenvalue weighted by Gasteiger charge is 2.30. The molecule has 0 fully saturated rings. The fraction of sp³-hybridized carbons (Fsp3) is 0.259. The van der Waals surface area contributed by atoms with Gasteiger partial charge in [-0.25, -0.2) is 0 Å². The van der Waals surface area contributed by atoms with Gasteiger partial charge in [0.05, 0.1) is 10.0 Å². The van der Waals surface area contributed by atoms with E-state index in [9.17, 15) is 9.59 Å². The van der Waals surface area contributed by atoms with Crippen LogP contribution in [0.1, 0.15) is 24.5 Å². The molecular formula is C27H27Cl3N2O3. The van der Waals surface area contributed by atoms with E-state index in [4.69, 9.17) is 39.5 Å². The van der Waals surface area contributed by atoms with Gasteiger partial charge in [0.1, 0.15) is 11.8 Å². The van der Waals surface area contributed by atoms with E-state index in [1.807, 2.05) is 37.3 Å². The number of carbonyl (C=O) groups is 2. The van der Waals surface area contributed by atoms with E-state index in [0.717, 1.165) is 17.5 Å². The van der Waals surface area contributed by atoms with Crippen LogP contribution >= 0.6 is 34.8 Å². The standard InChI is InChI=1S/C27H27Cl3N2O3/c1-2-14-31-27(34)25(16-19-6-4-3-5-7-19)32(17-20-8-13-23(29)24(30)15-20)26(33)18-35-22-11-9-21(28)10-12-22/h3-13,15,25H,2,14,16-18H2,1H3,(H,31,34)/t25-/m1/s1. The highest BCUT2D eigenvalue weighted by molar-refractivity contribution is 6.42. The van der Waals surface area contributed by atoms with Crippen LogP contribution in [0.2, 0.25) is 15.1 Å². The van der Waals surface area contributed by atoms with Crippen molar-refractivity contribution < 1.29 is 14.3 Å². The number of hydrogen-bond acceptors (Lipinski definition) is 3. The van der Waals surface area contributed by atoms with Gasteiger partial charge in [-0.2, -0.15) is 0 Å². The molecule has 1 N–H and O–H groups in total. The van der Waals surface area contributed by atoms with E-state index >= 15 is 0 Å². The average Bonchev–Trinajstić information content (AvgIpc) is 2.86. The van der Waals surface area contributed by atoms with Crippen molar-refractivity contribution in [2.45, 2.75) is 32.4 Å². The quantitative estimate of drug-likeness (QED) is 0.320. The van der Waals surface area contributed by atoms with Gasteiger partial charge in [0, 0.05) is 24.5 Å². The second-order valence-corrected chi connectivity index (χ2v) is 9.26. The van der Waals surface area contributed by atoms with Gasteiger partial charge in [-0.3, -0.25) is 9.59 Å². The molecule has 3 rings (SSSR count). The molecule has 3 aromatic rings. The molecular weight excluding hydrogens is 507 g/mol. The average molecular weight is 534 g/mol. The van der Waals surface area contributed by atoms with E-state index in [-0.39, 0.29) is 25.0 Å². The molecule has 0 heterocycles. The SMILES string of the molecule is CCCNC(=O)[C@@H](Cc1ccccc1)N(Cc1ccc(Cl)c(Cl)c1)C(=O)COc1ccc(Cl)cc1. The number of halogens is 3. The number of carbonyl (C=O) groups excluding carboxylic acids is 2. The van der Waals surface area contributed by atoms with Crippen LogP contribution < -0.4 is 10.1 Å². The zero-order valence-corrected chi connectivity index (χ0v) is 21.6. The maximum atomic E-state index is 13.5. The monoisotopic (exact) mass is 532 g/mol. The van der Waals surface area contributed by atoms with Gasteiger partial charge in [-0.15, -0.1) is 0 Å². The van der Waals surface area contributed by atoms with Crippen LogP contribution in [0, 0.1) is 0 Å². The number of hydrogen-bond donors (Lipinski definition) is 1. The third kappa shape index (κ3) is 8.17. The van der Waals surface area contributed by atoms with Gasteiger partial charge in [-0.1, -0.05) is 78.1 Å². The molecule has 2 amide bonds. The number of amides is 2. The first-order valence-corrected chi connectivity index (χ1v) is 12.4. The Kier molecular flexibility index (Phi) is 10.3. The minimum absolute atomic E-state index is 0.163. The first-order chi connectivity index (χ1) is 16.9. The molecule has 3 aromatic carbocycles. The number of nitrogens with one attached hydrogen (secondary N) is 1. The highest BCUT2D eigenvalue weighted by Crippen LogP contribution is 2.24. The van der Waals surface area contributed by atoms with Crippen molar-refractivity contribution in [3.8, 4) is 5.75 Å². The molecule has 0 saturated heterocycles. The third-order valence-electron chi connectivity index (χ3n) is 5.33. The summed E-state index contributed by atoms with van der Waals surface area (Å²) in [5.41, 5.74) is 1.69. The van der Waals surface area contributed by atoms with Gasteiger partial charge in [0.25, 0.3) is 5.91 Å². The van der Waals surface area contributed by atoms with E-state index in [1.54, 1.807) is 42.5 Å². The van der Waals surface area contributed by atoms with Crippen LogP contribution in [0.5, 0.6) is 5.75 Å². The molecule has 0 spiro atoms. The summed E-state index contributed by atoms with van der Waals surface area (Å²) in [4.78, 5) is 28.3. The topological polar surface area (TPSA) is 58.6 Å². The van der Waals surface area contributed by atoms with E-state index in [2.05, 4.69) is 5.32 Å². The Balaban J connectivity index is 1.90. The second-order valence-electron chi connectivity index (χ2n) is 8.01. The van der Waals surface area contributed by atoms with Crippen LogP contribution in [0.3, 0.4) is 0 Å². The molecule has 0 aliphatic heterocycles. The summed E-state index contributed by atoms with van der Waals surface area (Å²) in [5.74, 6) is -0.0542. The molecule has 0 aliphatic carbocycles. The third-order valence-corrected chi connectivity index (χ3v) is 6.32. The summed E-state index contributed by atoms with van der Waals surface area (Å²) in [6.45, 7) is 2.41. The highest BCUT2D eigenvalue weighted by atomic mass is 35.5. The largest absolute Gasteiger partial charge is 0.484 e. The van der Waals surface area contributed by atoms with Crippen LogP contribution in [0.4, 0.5) is 0 Å². The van der Waals surface area contributed by atoms with Crippen LogP contribution in [-0.2, 0) is 22.6 Å². The first kappa shape index (κ1) is 26.9. The predicted octanol–water partition coefficient (Wildman–Crippen LogP) is 6.19. The Labute approximate surface area is 220 Å². The van der Waals surface area contributed by atoms with Gasteiger partial charge in [0.15, 0.2) is 6.61 Å². The Morgan fingerprint density at radius 2 is 1.63 bits per heavy atom. The molecule has 0 unspecified atom stereocenters. The summed E-state index contributed by atoms with van der Waals surface area (Å²) in [5, 5.41) is 4.30. The van der Waals surface area contributed by atoms with E-state index in [0.29, 0.717) is 33.8 Å².